The van der Waals surface area contributed by atoms with Crippen molar-refractivity contribution in [2.75, 3.05) is 14.2 Å². The average Bonchev–Trinajstić information content (AvgIpc) is 2.45. The molecule has 0 N–H and O–H groups in total. The van der Waals surface area contributed by atoms with Crippen LogP contribution in [-0.4, -0.2) is 36.3 Å². The van der Waals surface area contributed by atoms with Gasteiger partial charge in [0.25, 0.3) is 0 Å². The van der Waals surface area contributed by atoms with E-state index in [-0.39, 0.29) is 6.04 Å². The molecule has 122 valence electrons. The zero-order chi connectivity index (χ0) is 16.9. The Hall–Kier alpha value is -1.82. The molecule has 0 saturated carbocycles. The van der Waals surface area contributed by atoms with E-state index in [2.05, 4.69) is 0 Å². The van der Waals surface area contributed by atoms with Gasteiger partial charge in [-0.15, -0.1) is 0 Å². The zero-order valence-corrected chi connectivity index (χ0v) is 14.7. The van der Waals surface area contributed by atoms with Crippen molar-refractivity contribution in [2.24, 2.45) is 0 Å². The van der Waals surface area contributed by atoms with Gasteiger partial charge in [0.05, 0.1) is 25.8 Å². The number of carbonyl (C=O) groups is 1. The Balaban J connectivity index is 3.08. The normalized spacial score (nSPS) is 12.3. The molecule has 0 aromatic heterocycles. The molecule has 0 radical (unpaired) electrons. The van der Waals surface area contributed by atoms with Crippen LogP contribution in [0.25, 0.3) is 0 Å². The van der Waals surface area contributed by atoms with Gasteiger partial charge >= 0.3 is 6.09 Å². The summed E-state index contributed by atoms with van der Waals surface area (Å²) in [4.78, 5) is 13.6. The van der Waals surface area contributed by atoms with E-state index < -0.39 is 11.7 Å². The number of carbonyl (C=O) groups excluding carboxylic acids is 1. The first-order valence-electron chi connectivity index (χ1n) is 6.91. The van der Waals surface area contributed by atoms with Crippen LogP contribution in [0.2, 0.25) is 0 Å². The molecular weight excluding hydrogens is 302 g/mol. The molecule has 0 bridgehead atoms. The maximum Gasteiger partial charge on any atom is 0.415 e. The summed E-state index contributed by atoms with van der Waals surface area (Å²) in [5.74, 6) is 1.30. The molecule has 1 unspecified atom stereocenters. The molecule has 5 nitrogen and oxygen atoms in total. The Kier molecular flexibility index (Phi) is 6.17. The van der Waals surface area contributed by atoms with E-state index >= 15 is 0 Å². The van der Waals surface area contributed by atoms with Crippen LogP contribution in [0.15, 0.2) is 18.2 Å². The lowest BCUT2D eigenvalue weighted by molar-refractivity contribution is 0.0332. The van der Waals surface area contributed by atoms with Gasteiger partial charge in [0, 0.05) is 6.07 Å². The van der Waals surface area contributed by atoms with E-state index in [1.165, 1.54) is 10.4 Å². The number of nitrogens with zero attached hydrogens (tertiary/aromatic N) is 1. The smallest absolute Gasteiger partial charge is 0.415 e. The summed E-state index contributed by atoms with van der Waals surface area (Å²) in [5, 5.41) is 0. The molecule has 1 aromatic carbocycles. The van der Waals surface area contributed by atoms with Crippen LogP contribution in [0.4, 0.5) is 4.79 Å². The number of hydrogen-bond donors (Lipinski definition) is 0. The summed E-state index contributed by atoms with van der Waals surface area (Å²) in [7, 11) is 3.15. The topological polar surface area (TPSA) is 48.0 Å². The van der Waals surface area contributed by atoms with Crippen LogP contribution in [-0.2, 0) is 4.74 Å². The highest BCUT2D eigenvalue weighted by molar-refractivity contribution is 7.78. The van der Waals surface area contributed by atoms with Crippen molar-refractivity contribution < 1.29 is 19.0 Å². The summed E-state index contributed by atoms with van der Waals surface area (Å²) in [6, 6.07) is 5.13. The highest BCUT2D eigenvalue weighted by atomic mass is 32.1. The van der Waals surface area contributed by atoms with Gasteiger partial charge in [-0.2, -0.15) is 0 Å². The molecular formula is C16H23NO4S. The molecule has 6 heteroatoms. The number of benzene rings is 1. The Bertz CT molecular complexity index is 517. The second-order valence-electron chi connectivity index (χ2n) is 5.81. The summed E-state index contributed by atoms with van der Waals surface area (Å²) < 4.78 is 15.9. The second-order valence-corrected chi connectivity index (χ2v) is 6.03. The molecule has 0 aliphatic rings. The minimum absolute atomic E-state index is 0.309. The van der Waals surface area contributed by atoms with E-state index in [0.717, 1.165) is 5.56 Å². The van der Waals surface area contributed by atoms with Gasteiger partial charge in [-0.1, -0.05) is 12.2 Å². The zero-order valence-electron chi connectivity index (χ0n) is 13.9. The number of methoxy groups -OCH3 is 2. The van der Waals surface area contributed by atoms with Crippen molar-refractivity contribution in [3.05, 3.63) is 23.8 Å². The molecule has 0 fully saturated rings. The average molecular weight is 325 g/mol. The molecule has 1 atom stereocenters. The Morgan fingerprint density at radius 3 is 2.05 bits per heavy atom. The van der Waals surface area contributed by atoms with E-state index in [0.29, 0.717) is 11.5 Å². The van der Waals surface area contributed by atoms with Crippen molar-refractivity contribution in [3.63, 3.8) is 0 Å². The maximum atomic E-state index is 12.3. The fourth-order valence-electron chi connectivity index (χ4n) is 1.84. The number of hydrogen-bond acceptors (Lipinski definition) is 5. The minimum atomic E-state index is -0.584. The predicted octanol–water partition coefficient (Wildman–Crippen LogP) is 3.96. The quantitative estimate of drug-likeness (QED) is 0.767. The predicted molar refractivity (Wildman–Crippen MR) is 89.7 cm³/mol. The third-order valence-corrected chi connectivity index (χ3v) is 3.22. The van der Waals surface area contributed by atoms with Gasteiger partial charge < -0.3 is 14.2 Å². The van der Waals surface area contributed by atoms with Crippen LogP contribution in [0.3, 0.4) is 0 Å². The lowest BCUT2D eigenvalue weighted by atomic mass is 10.1. The van der Waals surface area contributed by atoms with Crippen molar-refractivity contribution >= 4 is 23.8 Å². The molecule has 1 aromatic rings. The van der Waals surface area contributed by atoms with Crippen LogP contribution < -0.4 is 9.47 Å². The number of amides is 1. The van der Waals surface area contributed by atoms with E-state index in [1.54, 1.807) is 20.3 Å². The maximum absolute atomic E-state index is 12.3. The molecule has 22 heavy (non-hydrogen) atoms. The first-order chi connectivity index (χ1) is 10.2. The first-order valence-corrected chi connectivity index (χ1v) is 7.38. The highest BCUT2D eigenvalue weighted by Gasteiger charge is 2.26. The molecule has 0 aliphatic heterocycles. The molecule has 0 aliphatic carbocycles. The molecule has 1 amide bonds. The molecule has 0 heterocycles. The lowest BCUT2D eigenvalue weighted by Gasteiger charge is -2.29. The SMILES string of the molecule is COc1cc(OC)cc(C(C)N(C=S)C(=O)OC(C)(C)C)c1. The van der Waals surface area contributed by atoms with E-state index in [1.807, 2.05) is 39.8 Å². The fourth-order valence-corrected chi connectivity index (χ4v) is 2.11. The number of thiocarbonyl (C=S) groups is 1. The monoisotopic (exact) mass is 325 g/mol. The largest absolute Gasteiger partial charge is 0.497 e. The van der Waals surface area contributed by atoms with Crippen LogP contribution in [0, 0.1) is 0 Å². The van der Waals surface area contributed by atoms with Gasteiger partial charge in [-0.3, -0.25) is 4.90 Å². The van der Waals surface area contributed by atoms with Crippen molar-refractivity contribution in [1.29, 1.82) is 0 Å². The summed E-state index contributed by atoms with van der Waals surface area (Å²) in [5.41, 5.74) is 1.55. The molecule has 0 saturated heterocycles. The third-order valence-electron chi connectivity index (χ3n) is 2.99. The van der Waals surface area contributed by atoms with E-state index in [4.69, 9.17) is 26.4 Å². The standard InChI is InChI=1S/C16H23NO4S/c1-11(17(10-22)15(18)21-16(2,3)4)12-7-13(19-5)9-14(8-12)20-6/h7-11H,1-6H3. The van der Waals surface area contributed by atoms with Crippen molar-refractivity contribution in [1.82, 2.24) is 4.90 Å². The second kappa shape index (κ2) is 7.45. The van der Waals surface area contributed by atoms with Crippen LogP contribution in [0.5, 0.6) is 11.5 Å². The van der Waals surface area contributed by atoms with E-state index in [9.17, 15) is 4.79 Å². The Morgan fingerprint density at radius 1 is 1.18 bits per heavy atom. The highest BCUT2D eigenvalue weighted by Crippen LogP contribution is 2.29. The van der Waals surface area contributed by atoms with Crippen LogP contribution >= 0.6 is 12.2 Å². The number of rotatable bonds is 5. The molecule has 0 spiro atoms. The minimum Gasteiger partial charge on any atom is -0.497 e. The summed E-state index contributed by atoms with van der Waals surface area (Å²) in [6.45, 7) is 7.30. The van der Waals surface area contributed by atoms with Gasteiger partial charge in [-0.05, 0) is 45.4 Å². The number of ether oxygens (including phenoxy) is 3. The van der Waals surface area contributed by atoms with Gasteiger partial charge in [-0.25, -0.2) is 4.79 Å². The Morgan fingerprint density at radius 2 is 1.68 bits per heavy atom. The lowest BCUT2D eigenvalue weighted by Crippen LogP contribution is -2.37. The van der Waals surface area contributed by atoms with Gasteiger partial charge in [0.2, 0.25) is 0 Å². The van der Waals surface area contributed by atoms with Crippen molar-refractivity contribution in [2.45, 2.75) is 39.3 Å². The Labute approximate surface area is 137 Å². The fraction of sp³-hybridized carbons (Fsp3) is 0.500. The first kappa shape index (κ1) is 18.2. The molecule has 1 rings (SSSR count). The summed E-state index contributed by atoms with van der Waals surface area (Å²) >= 11 is 4.98. The van der Waals surface area contributed by atoms with Crippen LogP contribution in [0.1, 0.15) is 39.3 Å². The van der Waals surface area contributed by atoms with Crippen molar-refractivity contribution in [3.8, 4) is 11.5 Å². The van der Waals surface area contributed by atoms with Gasteiger partial charge in [0.1, 0.15) is 17.1 Å². The van der Waals surface area contributed by atoms with Gasteiger partial charge in [0.15, 0.2) is 0 Å². The summed E-state index contributed by atoms with van der Waals surface area (Å²) in [6.07, 6.45) is -0.489. The third kappa shape index (κ3) is 4.87.